The maximum Gasteiger partial charge on any atom is 0.244 e. The number of nitrogens with two attached hydrogens (primary N) is 1. The molecule has 10 heteroatoms. The fourth-order valence-corrected chi connectivity index (χ4v) is 4.25. The SMILES string of the molecule is CNC(=O)C(c1ccc2nc(N)n(S(=O)(=O)C(C)C)c2c1)c1cccc(F)c1F. The summed E-state index contributed by atoms with van der Waals surface area (Å²) in [6.07, 6.45) is 0. The summed E-state index contributed by atoms with van der Waals surface area (Å²) in [6.45, 7) is 3.00. The highest BCUT2D eigenvalue weighted by atomic mass is 32.2. The Bertz CT molecular complexity index is 1210. The lowest BCUT2D eigenvalue weighted by molar-refractivity contribution is -0.121. The molecule has 154 valence electrons. The monoisotopic (exact) mass is 422 g/mol. The second kappa shape index (κ2) is 7.43. The molecule has 3 N–H and O–H groups in total. The number of carbonyl (C=O) groups excluding carboxylic acids is 1. The molecule has 0 saturated heterocycles. The van der Waals surface area contributed by atoms with E-state index in [2.05, 4.69) is 10.3 Å². The summed E-state index contributed by atoms with van der Waals surface area (Å²) in [5.74, 6) is -4.25. The van der Waals surface area contributed by atoms with Gasteiger partial charge in [-0.3, -0.25) is 4.79 Å². The number of rotatable bonds is 5. The number of hydrogen-bond acceptors (Lipinski definition) is 5. The number of anilines is 1. The van der Waals surface area contributed by atoms with Gasteiger partial charge >= 0.3 is 0 Å². The van der Waals surface area contributed by atoms with Gasteiger partial charge in [-0.15, -0.1) is 0 Å². The van der Waals surface area contributed by atoms with Crippen molar-refractivity contribution in [3.63, 3.8) is 0 Å². The number of fused-ring (bicyclic) bond motifs is 1. The highest BCUT2D eigenvalue weighted by Crippen LogP contribution is 2.32. The number of imidazole rings is 1. The molecule has 0 radical (unpaired) electrons. The second-order valence-corrected chi connectivity index (χ2v) is 9.10. The topological polar surface area (TPSA) is 107 Å². The molecule has 0 spiro atoms. The number of amides is 1. The highest BCUT2D eigenvalue weighted by molar-refractivity contribution is 7.90. The normalized spacial score (nSPS) is 13.0. The number of carbonyl (C=O) groups is 1. The van der Waals surface area contributed by atoms with Crippen molar-refractivity contribution in [2.45, 2.75) is 25.0 Å². The van der Waals surface area contributed by atoms with Gasteiger partial charge in [0.1, 0.15) is 0 Å². The van der Waals surface area contributed by atoms with E-state index in [0.29, 0.717) is 5.52 Å². The van der Waals surface area contributed by atoms with Gasteiger partial charge in [-0.25, -0.2) is 26.2 Å². The van der Waals surface area contributed by atoms with E-state index in [0.717, 1.165) is 10.0 Å². The highest BCUT2D eigenvalue weighted by Gasteiger charge is 2.29. The van der Waals surface area contributed by atoms with Gasteiger partial charge in [0.25, 0.3) is 0 Å². The molecule has 7 nitrogen and oxygen atoms in total. The van der Waals surface area contributed by atoms with Crippen LogP contribution in [0.15, 0.2) is 36.4 Å². The van der Waals surface area contributed by atoms with Gasteiger partial charge in [-0.1, -0.05) is 18.2 Å². The third-order valence-electron chi connectivity index (χ3n) is 4.65. The van der Waals surface area contributed by atoms with Crippen LogP contribution in [0.5, 0.6) is 0 Å². The predicted molar refractivity (Wildman–Crippen MR) is 106 cm³/mol. The number of nitrogen functional groups attached to an aromatic ring is 1. The minimum atomic E-state index is -3.84. The molecule has 0 aliphatic heterocycles. The number of benzene rings is 2. The Labute approximate surface area is 166 Å². The molecular formula is C19H20F2N4O3S. The van der Waals surface area contributed by atoms with Gasteiger partial charge < -0.3 is 11.1 Å². The zero-order valence-corrected chi connectivity index (χ0v) is 16.8. The van der Waals surface area contributed by atoms with Crippen LogP contribution < -0.4 is 11.1 Å². The third-order valence-corrected chi connectivity index (χ3v) is 6.73. The van der Waals surface area contributed by atoms with Gasteiger partial charge in [0, 0.05) is 12.6 Å². The fraction of sp³-hybridized carbons (Fsp3) is 0.263. The molecule has 3 rings (SSSR count). The minimum absolute atomic E-state index is 0.152. The maximum atomic E-state index is 14.4. The van der Waals surface area contributed by atoms with Crippen molar-refractivity contribution < 1.29 is 22.0 Å². The Morgan fingerprint density at radius 1 is 1.21 bits per heavy atom. The van der Waals surface area contributed by atoms with Crippen molar-refractivity contribution in [2.24, 2.45) is 0 Å². The number of likely N-dealkylation sites (N-methyl/N-ethyl adjacent to an activating group) is 1. The van der Waals surface area contributed by atoms with E-state index in [-0.39, 0.29) is 22.6 Å². The Morgan fingerprint density at radius 2 is 1.90 bits per heavy atom. The number of nitrogens with one attached hydrogen (secondary N) is 1. The van der Waals surface area contributed by atoms with Crippen LogP contribution in [-0.2, 0) is 14.8 Å². The first-order chi connectivity index (χ1) is 13.6. The number of aromatic nitrogens is 2. The molecule has 0 aliphatic rings. The summed E-state index contributed by atoms with van der Waals surface area (Å²) in [5, 5.41) is 1.66. The van der Waals surface area contributed by atoms with Crippen molar-refractivity contribution in [3.8, 4) is 0 Å². The Morgan fingerprint density at radius 3 is 2.52 bits per heavy atom. The average molecular weight is 422 g/mol. The molecule has 1 atom stereocenters. The summed E-state index contributed by atoms with van der Waals surface area (Å²) >= 11 is 0. The first-order valence-corrected chi connectivity index (χ1v) is 10.3. The standard InChI is InChI=1S/C19H20F2N4O3S/c1-10(2)29(27,28)25-15-9-11(7-8-14(15)24-19(25)22)16(18(26)23-3)12-5-4-6-13(20)17(12)21/h4-10,16H,1-3H3,(H2,22,24)(H,23,26). The molecule has 3 aromatic rings. The van der Waals surface area contributed by atoms with Crippen LogP contribution in [0, 0.1) is 11.6 Å². The van der Waals surface area contributed by atoms with Crippen LogP contribution >= 0.6 is 0 Å². The quantitative estimate of drug-likeness (QED) is 0.656. The molecule has 0 aliphatic carbocycles. The lowest BCUT2D eigenvalue weighted by Gasteiger charge is -2.18. The van der Waals surface area contributed by atoms with Crippen LogP contribution in [0.2, 0.25) is 0 Å². The summed E-state index contributed by atoms with van der Waals surface area (Å²) < 4.78 is 54.6. The largest absolute Gasteiger partial charge is 0.368 e. The van der Waals surface area contributed by atoms with Gasteiger partial charge in [0.05, 0.1) is 22.2 Å². The molecule has 29 heavy (non-hydrogen) atoms. The van der Waals surface area contributed by atoms with Gasteiger partial charge in [0.15, 0.2) is 11.6 Å². The summed E-state index contributed by atoms with van der Waals surface area (Å²) in [6, 6.07) is 7.95. The number of halogens is 2. The second-order valence-electron chi connectivity index (χ2n) is 6.77. The molecule has 1 amide bonds. The molecule has 0 saturated carbocycles. The molecule has 0 fully saturated rings. The van der Waals surface area contributed by atoms with E-state index in [1.807, 2.05) is 0 Å². The van der Waals surface area contributed by atoms with E-state index < -0.39 is 38.7 Å². The van der Waals surface area contributed by atoms with Gasteiger partial charge in [-0.05, 0) is 37.6 Å². The summed E-state index contributed by atoms with van der Waals surface area (Å²) in [7, 11) is -2.47. The molecule has 1 heterocycles. The van der Waals surface area contributed by atoms with Gasteiger partial charge in [-0.2, -0.15) is 0 Å². The van der Waals surface area contributed by atoms with Gasteiger partial charge in [0.2, 0.25) is 21.9 Å². The van der Waals surface area contributed by atoms with Crippen molar-refractivity contribution in [1.29, 1.82) is 0 Å². The number of hydrogen-bond donors (Lipinski definition) is 2. The zero-order valence-electron chi connectivity index (χ0n) is 16.0. The molecule has 2 aromatic carbocycles. The lowest BCUT2D eigenvalue weighted by Crippen LogP contribution is -2.27. The van der Waals surface area contributed by atoms with E-state index in [4.69, 9.17) is 5.73 Å². The molecule has 1 aromatic heterocycles. The van der Waals surface area contributed by atoms with Crippen LogP contribution in [0.1, 0.15) is 30.9 Å². The van der Waals surface area contributed by atoms with Crippen LogP contribution in [0.3, 0.4) is 0 Å². The summed E-state index contributed by atoms with van der Waals surface area (Å²) in [4.78, 5) is 16.6. The van der Waals surface area contributed by atoms with Crippen molar-refractivity contribution in [1.82, 2.24) is 14.3 Å². The fourth-order valence-electron chi connectivity index (χ4n) is 3.11. The van der Waals surface area contributed by atoms with Crippen molar-refractivity contribution >= 4 is 32.9 Å². The number of nitrogens with zero attached hydrogens (tertiary/aromatic N) is 2. The summed E-state index contributed by atoms with van der Waals surface area (Å²) in [5.41, 5.74) is 6.37. The molecule has 1 unspecified atom stereocenters. The van der Waals surface area contributed by atoms with Crippen LogP contribution in [0.4, 0.5) is 14.7 Å². The van der Waals surface area contributed by atoms with E-state index in [9.17, 15) is 22.0 Å². The van der Waals surface area contributed by atoms with E-state index >= 15 is 0 Å². The first-order valence-electron chi connectivity index (χ1n) is 8.77. The Balaban J connectivity index is 2.29. The van der Waals surface area contributed by atoms with Crippen molar-refractivity contribution in [3.05, 3.63) is 59.2 Å². The van der Waals surface area contributed by atoms with E-state index in [1.165, 1.54) is 51.2 Å². The zero-order chi connectivity index (χ0) is 21.5. The van der Waals surface area contributed by atoms with Crippen LogP contribution in [-0.4, -0.2) is 35.6 Å². The van der Waals surface area contributed by atoms with E-state index in [1.54, 1.807) is 0 Å². The smallest absolute Gasteiger partial charge is 0.244 e. The molecular weight excluding hydrogens is 402 g/mol. The lowest BCUT2D eigenvalue weighted by atomic mass is 9.89. The maximum absolute atomic E-state index is 14.4. The predicted octanol–water partition coefficient (Wildman–Crippen LogP) is 2.36. The minimum Gasteiger partial charge on any atom is -0.368 e. The Hall–Kier alpha value is -3.01. The van der Waals surface area contributed by atoms with Crippen LogP contribution in [0.25, 0.3) is 11.0 Å². The first kappa shape index (κ1) is 20.7. The molecule has 0 bridgehead atoms. The average Bonchev–Trinajstić information content (AvgIpc) is 3.00. The third kappa shape index (κ3) is 3.44. The van der Waals surface area contributed by atoms with Crippen molar-refractivity contribution in [2.75, 3.05) is 12.8 Å². The Kier molecular flexibility index (Phi) is 5.31.